The first-order valence-electron chi connectivity index (χ1n) is 10.9. The number of carbonyl (C=O) groups excluding carboxylic acids is 1. The number of aromatic amines is 1. The van der Waals surface area contributed by atoms with E-state index in [4.69, 9.17) is 0 Å². The Morgan fingerprint density at radius 1 is 1.12 bits per heavy atom. The quantitative estimate of drug-likeness (QED) is 0.593. The zero-order valence-corrected chi connectivity index (χ0v) is 18.4. The van der Waals surface area contributed by atoms with E-state index in [0.29, 0.717) is 23.1 Å². The van der Waals surface area contributed by atoms with Gasteiger partial charge in [0.05, 0.1) is 22.8 Å². The number of rotatable bonds is 6. The Kier molecular flexibility index (Phi) is 6.36. The largest absolute Gasteiger partial charge is 0.368 e. The zero-order valence-electron chi connectivity index (χ0n) is 18.4. The molecular formula is C23H28N6O3. The van der Waals surface area contributed by atoms with Crippen molar-refractivity contribution in [2.45, 2.75) is 19.9 Å². The molecule has 0 bridgehead atoms. The molecule has 1 aliphatic rings. The maximum absolute atomic E-state index is 12.4. The second kappa shape index (κ2) is 9.35. The number of amides is 1. The van der Waals surface area contributed by atoms with Crippen LogP contribution in [-0.4, -0.2) is 65.1 Å². The summed E-state index contributed by atoms with van der Waals surface area (Å²) in [6.07, 6.45) is 2.60. The van der Waals surface area contributed by atoms with E-state index in [-0.39, 0.29) is 17.2 Å². The minimum atomic E-state index is -0.365. The number of H-pyrrole nitrogens is 1. The van der Waals surface area contributed by atoms with Crippen molar-refractivity contribution in [3.8, 4) is 0 Å². The summed E-state index contributed by atoms with van der Waals surface area (Å²) in [5, 5.41) is 3.12. The van der Waals surface area contributed by atoms with Gasteiger partial charge >= 0.3 is 5.69 Å². The number of benzene rings is 1. The summed E-state index contributed by atoms with van der Waals surface area (Å²) >= 11 is 0. The second-order valence-corrected chi connectivity index (χ2v) is 7.92. The molecule has 1 aromatic carbocycles. The molecule has 0 unspecified atom stereocenters. The molecular weight excluding hydrogens is 408 g/mol. The molecule has 0 saturated carbocycles. The molecule has 9 nitrogen and oxygen atoms in total. The topological polar surface area (TPSA) is 103 Å². The van der Waals surface area contributed by atoms with Gasteiger partial charge < -0.3 is 15.2 Å². The molecule has 0 spiro atoms. The Hall–Kier alpha value is -3.46. The SMILES string of the molecule is CCn1c(=O)[nH]c2cc(CCN3CCN(c4ccc(C(=O)NC)nc4)CC3)ccc2c1=O. The van der Waals surface area contributed by atoms with Gasteiger partial charge in [0.1, 0.15) is 5.69 Å². The van der Waals surface area contributed by atoms with Crippen LogP contribution in [0.25, 0.3) is 10.9 Å². The second-order valence-electron chi connectivity index (χ2n) is 7.92. The van der Waals surface area contributed by atoms with Crippen LogP contribution in [0, 0.1) is 0 Å². The van der Waals surface area contributed by atoms with Gasteiger partial charge in [0, 0.05) is 46.3 Å². The number of nitrogens with zero attached hydrogens (tertiary/aromatic N) is 4. The van der Waals surface area contributed by atoms with Crippen molar-refractivity contribution >= 4 is 22.5 Å². The third-order valence-electron chi connectivity index (χ3n) is 6.02. The normalized spacial score (nSPS) is 14.6. The van der Waals surface area contributed by atoms with Crippen molar-refractivity contribution in [3.05, 3.63) is 68.6 Å². The molecule has 1 saturated heterocycles. The van der Waals surface area contributed by atoms with Gasteiger partial charge in [0.25, 0.3) is 11.5 Å². The fourth-order valence-corrected chi connectivity index (χ4v) is 4.10. The van der Waals surface area contributed by atoms with E-state index in [9.17, 15) is 14.4 Å². The third-order valence-corrected chi connectivity index (χ3v) is 6.02. The number of piperazine rings is 1. The lowest BCUT2D eigenvalue weighted by molar-refractivity contribution is 0.0958. The number of anilines is 1. The van der Waals surface area contributed by atoms with Gasteiger partial charge in [-0.1, -0.05) is 6.07 Å². The molecule has 32 heavy (non-hydrogen) atoms. The molecule has 1 fully saturated rings. The molecule has 3 heterocycles. The highest BCUT2D eigenvalue weighted by molar-refractivity contribution is 5.92. The molecule has 0 atom stereocenters. The molecule has 3 aromatic rings. The van der Waals surface area contributed by atoms with Gasteiger partial charge in [0.2, 0.25) is 0 Å². The van der Waals surface area contributed by atoms with Crippen LogP contribution in [0.1, 0.15) is 23.0 Å². The Labute approximate surface area is 185 Å². The van der Waals surface area contributed by atoms with Crippen LogP contribution < -0.4 is 21.5 Å². The minimum absolute atomic E-state index is 0.185. The summed E-state index contributed by atoms with van der Waals surface area (Å²) in [5.41, 5.74) is 2.52. The van der Waals surface area contributed by atoms with E-state index in [1.807, 2.05) is 24.3 Å². The first-order chi connectivity index (χ1) is 15.5. The minimum Gasteiger partial charge on any atom is -0.368 e. The standard InChI is InChI=1S/C23H28N6O3/c1-3-29-22(31)18-6-4-16(14-20(18)26-23(29)32)8-9-27-10-12-28(13-11-27)17-5-7-19(25-15-17)21(30)24-2/h4-7,14-15H,3,8-13H2,1-2H3,(H,24,30)(H,26,32). The third kappa shape index (κ3) is 4.43. The highest BCUT2D eigenvalue weighted by atomic mass is 16.2. The lowest BCUT2D eigenvalue weighted by atomic mass is 10.1. The molecule has 1 amide bonds. The van der Waals surface area contributed by atoms with Crippen LogP contribution in [0.5, 0.6) is 0 Å². The van der Waals surface area contributed by atoms with Crippen LogP contribution in [0.4, 0.5) is 5.69 Å². The maximum atomic E-state index is 12.4. The van der Waals surface area contributed by atoms with E-state index in [1.165, 1.54) is 4.57 Å². The smallest absolute Gasteiger partial charge is 0.328 e. The number of fused-ring (bicyclic) bond motifs is 1. The van der Waals surface area contributed by atoms with Crippen LogP contribution in [0.15, 0.2) is 46.1 Å². The van der Waals surface area contributed by atoms with Crippen molar-refractivity contribution in [3.63, 3.8) is 0 Å². The molecule has 168 valence electrons. The number of carbonyl (C=O) groups is 1. The number of pyridine rings is 1. The summed E-state index contributed by atoms with van der Waals surface area (Å²) in [6, 6.07) is 9.38. The lowest BCUT2D eigenvalue weighted by Crippen LogP contribution is -2.47. The summed E-state index contributed by atoms with van der Waals surface area (Å²) in [7, 11) is 1.59. The average molecular weight is 437 g/mol. The number of nitrogens with one attached hydrogen (secondary N) is 2. The maximum Gasteiger partial charge on any atom is 0.328 e. The van der Waals surface area contributed by atoms with Gasteiger partial charge in [-0.3, -0.25) is 19.1 Å². The average Bonchev–Trinajstić information content (AvgIpc) is 2.82. The molecule has 9 heteroatoms. The van der Waals surface area contributed by atoms with Crippen molar-refractivity contribution < 1.29 is 4.79 Å². The predicted molar refractivity (Wildman–Crippen MR) is 124 cm³/mol. The zero-order chi connectivity index (χ0) is 22.7. The monoisotopic (exact) mass is 436 g/mol. The van der Waals surface area contributed by atoms with Crippen LogP contribution >= 0.6 is 0 Å². The molecule has 1 aliphatic heterocycles. The van der Waals surface area contributed by atoms with E-state index >= 15 is 0 Å². The fraction of sp³-hybridized carbons (Fsp3) is 0.391. The molecule has 4 rings (SSSR count). The van der Waals surface area contributed by atoms with Gasteiger partial charge in [-0.25, -0.2) is 9.78 Å². The first-order valence-corrected chi connectivity index (χ1v) is 10.9. The molecule has 2 aromatic heterocycles. The summed E-state index contributed by atoms with van der Waals surface area (Å²) in [4.78, 5) is 47.9. The summed E-state index contributed by atoms with van der Waals surface area (Å²) in [6.45, 7) is 6.69. The highest BCUT2D eigenvalue weighted by Gasteiger charge is 2.18. The van der Waals surface area contributed by atoms with Gasteiger partial charge in [-0.05, 0) is 43.2 Å². The van der Waals surface area contributed by atoms with Crippen LogP contribution in [0.3, 0.4) is 0 Å². The summed E-state index contributed by atoms with van der Waals surface area (Å²) < 4.78 is 1.21. The predicted octanol–water partition coefficient (Wildman–Crippen LogP) is 0.829. The Morgan fingerprint density at radius 2 is 1.91 bits per heavy atom. The summed E-state index contributed by atoms with van der Waals surface area (Å²) in [5.74, 6) is -0.185. The fourth-order valence-electron chi connectivity index (χ4n) is 4.10. The van der Waals surface area contributed by atoms with E-state index in [2.05, 4.69) is 25.1 Å². The lowest BCUT2D eigenvalue weighted by Gasteiger charge is -2.36. The van der Waals surface area contributed by atoms with Crippen molar-refractivity contribution in [1.82, 2.24) is 24.8 Å². The van der Waals surface area contributed by atoms with E-state index in [1.54, 1.807) is 26.2 Å². The molecule has 2 N–H and O–H groups in total. The highest BCUT2D eigenvalue weighted by Crippen LogP contribution is 2.16. The van der Waals surface area contributed by atoms with E-state index < -0.39 is 0 Å². The number of hydrogen-bond donors (Lipinski definition) is 2. The van der Waals surface area contributed by atoms with Crippen LogP contribution in [-0.2, 0) is 13.0 Å². The van der Waals surface area contributed by atoms with Crippen molar-refractivity contribution in [2.24, 2.45) is 0 Å². The first kappa shape index (κ1) is 21.8. The molecule has 0 aliphatic carbocycles. The van der Waals surface area contributed by atoms with Crippen molar-refractivity contribution in [1.29, 1.82) is 0 Å². The van der Waals surface area contributed by atoms with E-state index in [0.717, 1.165) is 50.4 Å². The molecule has 0 radical (unpaired) electrons. The van der Waals surface area contributed by atoms with Gasteiger partial charge in [-0.2, -0.15) is 0 Å². The van der Waals surface area contributed by atoms with Crippen LogP contribution in [0.2, 0.25) is 0 Å². The van der Waals surface area contributed by atoms with Crippen molar-refractivity contribution in [2.75, 3.05) is 44.7 Å². The number of hydrogen-bond acceptors (Lipinski definition) is 6. The Bertz CT molecular complexity index is 1220. The Balaban J connectivity index is 1.35. The van der Waals surface area contributed by atoms with Gasteiger partial charge in [0.15, 0.2) is 0 Å². The number of aromatic nitrogens is 3. The van der Waals surface area contributed by atoms with Gasteiger partial charge in [-0.15, -0.1) is 0 Å². The Morgan fingerprint density at radius 3 is 2.56 bits per heavy atom.